The Kier molecular flexibility index (Phi) is 7.17. The fourth-order valence-corrected chi connectivity index (χ4v) is 3.99. The molecular weight excluding hydrogens is 460 g/mol. The monoisotopic (exact) mass is 481 g/mol. The van der Waals surface area contributed by atoms with Gasteiger partial charge in [0.15, 0.2) is 11.0 Å². The van der Waals surface area contributed by atoms with Crippen molar-refractivity contribution in [2.45, 2.75) is 25.6 Å². The van der Waals surface area contributed by atoms with Gasteiger partial charge in [-0.2, -0.15) is 8.78 Å². The summed E-state index contributed by atoms with van der Waals surface area (Å²) in [6, 6.07) is 15.7. The van der Waals surface area contributed by atoms with E-state index in [-0.39, 0.29) is 17.2 Å². The summed E-state index contributed by atoms with van der Waals surface area (Å²) in [4.78, 5) is 16.7. The highest BCUT2D eigenvalue weighted by atomic mass is 32.2. The molecule has 174 valence electrons. The lowest BCUT2D eigenvalue weighted by atomic mass is 10.1. The van der Waals surface area contributed by atoms with Gasteiger partial charge < -0.3 is 10.1 Å². The zero-order valence-corrected chi connectivity index (χ0v) is 19.2. The van der Waals surface area contributed by atoms with E-state index in [1.807, 2.05) is 48.7 Å². The lowest BCUT2D eigenvalue weighted by molar-refractivity contribution is -0.113. The van der Waals surface area contributed by atoms with Gasteiger partial charge in [-0.1, -0.05) is 30.0 Å². The molecule has 1 amide bonds. The lowest BCUT2D eigenvalue weighted by Crippen LogP contribution is -2.16. The molecule has 34 heavy (non-hydrogen) atoms. The first kappa shape index (κ1) is 23.4. The minimum atomic E-state index is -2.99. The lowest BCUT2D eigenvalue weighted by Gasteiger charge is -2.13. The van der Waals surface area contributed by atoms with Crippen molar-refractivity contribution in [3.05, 3.63) is 78.1 Å². The van der Waals surface area contributed by atoms with E-state index in [1.165, 1.54) is 23.9 Å². The molecule has 0 radical (unpaired) electrons. The van der Waals surface area contributed by atoms with Gasteiger partial charge in [0.25, 0.3) is 0 Å². The molecule has 0 aliphatic heterocycles. The minimum Gasteiger partial charge on any atom is -0.433 e. The van der Waals surface area contributed by atoms with Crippen molar-refractivity contribution in [1.29, 1.82) is 0 Å². The highest BCUT2D eigenvalue weighted by Gasteiger charge is 2.18. The number of pyridine rings is 1. The molecule has 2 aromatic heterocycles. The number of halogens is 2. The molecule has 7 nitrogen and oxygen atoms in total. The summed E-state index contributed by atoms with van der Waals surface area (Å²) in [5, 5.41) is 11.8. The Labute approximate surface area is 199 Å². The third-order valence-electron chi connectivity index (χ3n) is 5.03. The second-order valence-corrected chi connectivity index (χ2v) is 8.30. The normalized spacial score (nSPS) is 11.0. The summed E-state index contributed by atoms with van der Waals surface area (Å²) < 4.78 is 31.7. The number of para-hydroxylation sites is 2. The molecule has 0 saturated heterocycles. The fourth-order valence-electron chi connectivity index (χ4n) is 3.23. The van der Waals surface area contributed by atoms with Crippen LogP contribution in [0.15, 0.2) is 72.1 Å². The molecule has 0 saturated carbocycles. The summed E-state index contributed by atoms with van der Waals surface area (Å²) in [5.74, 6) is 0.108. The number of hydrogen-bond donors (Lipinski definition) is 1. The van der Waals surface area contributed by atoms with E-state index in [4.69, 9.17) is 0 Å². The number of rotatable bonds is 8. The van der Waals surface area contributed by atoms with Gasteiger partial charge in [0.2, 0.25) is 5.91 Å². The van der Waals surface area contributed by atoms with E-state index in [2.05, 4.69) is 25.2 Å². The molecule has 0 spiro atoms. The third kappa shape index (κ3) is 5.40. The fraction of sp³-hybridized carbons (Fsp3) is 0.167. The molecule has 4 aromatic rings. The quantitative estimate of drug-likeness (QED) is 0.345. The number of aromatic nitrogens is 4. The number of carbonyl (C=O) groups is 1. The Morgan fingerprint density at radius 1 is 1.06 bits per heavy atom. The van der Waals surface area contributed by atoms with Crippen molar-refractivity contribution < 1.29 is 18.3 Å². The smallest absolute Gasteiger partial charge is 0.387 e. The number of carbonyl (C=O) groups excluding carboxylic acids is 1. The number of aryl methyl sites for hydroxylation is 2. The number of thioether (sulfide) groups is 1. The molecule has 2 aromatic carbocycles. The predicted molar refractivity (Wildman–Crippen MR) is 126 cm³/mol. The van der Waals surface area contributed by atoms with E-state index in [1.54, 1.807) is 24.5 Å². The van der Waals surface area contributed by atoms with Crippen LogP contribution in [0.5, 0.6) is 5.75 Å². The van der Waals surface area contributed by atoms with Crippen LogP contribution in [0.4, 0.5) is 14.5 Å². The second kappa shape index (κ2) is 10.4. The van der Waals surface area contributed by atoms with Crippen LogP contribution in [0.1, 0.15) is 11.1 Å². The summed E-state index contributed by atoms with van der Waals surface area (Å²) in [7, 11) is 0. The van der Waals surface area contributed by atoms with Crippen LogP contribution in [0.25, 0.3) is 17.1 Å². The van der Waals surface area contributed by atoms with Crippen molar-refractivity contribution in [3.8, 4) is 22.8 Å². The summed E-state index contributed by atoms with van der Waals surface area (Å²) in [6.07, 6.45) is 3.35. The van der Waals surface area contributed by atoms with Crippen LogP contribution in [0, 0.1) is 13.8 Å². The van der Waals surface area contributed by atoms with Gasteiger partial charge in [0.05, 0.1) is 17.1 Å². The molecule has 0 bridgehead atoms. The molecule has 0 unspecified atom stereocenters. The largest absolute Gasteiger partial charge is 0.433 e. The van der Waals surface area contributed by atoms with Crippen molar-refractivity contribution in [1.82, 2.24) is 19.7 Å². The third-order valence-corrected chi connectivity index (χ3v) is 5.96. The van der Waals surface area contributed by atoms with Crippen LogP contribution in [0.2, 0.25) is 0 Å². The maximum absolute atomic E-state index is 12.6. The maximum Gasteiger partial charge on any atom is 0.387 e. The average Bonchev–Trinajstić information content (AvgIpc) is 3.25. The van der Waals surface area contributed by atoms with Crippen LogP contribution in [-0.4, -0.2) is 38.0 Å². The molecule has 0 fully saturated rings. The number of amides is 1. The zero-order chi connectivity index (χ0) is 24.1. The van der Waals surface area contributed by atoms with Gasteiger partial charge in [-0.15, -0.1) is 10.2 Å². The van der Waals surface area contributed by atoms with Crippen LogP contribution < -0.4 is 10.1 Å². The van der Waals surface area contributed by atoms with Gasteiger partial charge in [-0.25, -0.2) is 0 Å². The van der Waals surface area contributed by atoms with Gasteiger partial charge in [-0.05, 0) is 61.4 Å². The zero-order valence-electron chi connectivity index (χ0n) is 18.4. The highest BCUT2D eigenvalue weighted by Crippen LogP contribution is 2.30. The molecule has 0 aliphatic rings. The van der Waals surface area contributed by atoms with E-state index in [0.717, 1.165) is 22.4 Å². The highest BCUT2D eigenvalue weighted by molar-refractivity contribution is 7.99. The molecule has 2 heterocycles. The number of hydrogen-bond acceptors (Lipinski definition) is 6. The van der Waals surface area contributed by atoms with Crippen LogP contribution >= 0.6 is 11.8 Å². The van der Waals surface area contributed by atoms with Crippen molar-refractivity contribution in [2.75, 3.05) is 11.1 Å². The minimum absolute atomic E-state index is 0.0116. The first-order valence-electron chi connectivity index (χ1n) is 10.3. The van der Waals surface area contributed by atoms with Crippen molar-refractivity contribution >= 4 is 23.4 Å². The Bertz CT molecular complexity index is 1300. The van der Waals surface area contributed by atoms with Gasteiger partial charge in [0.1, 0.15) is 5.75 Å². The van der Waals surface area contributed by atoms with Crippen molar-refractivity contribution in [3.63, 3.8) is 0 Å². The summed E-state index contributed by atoms with van der Waals surface area (Å²) >= 11 is 1.19. The topological polar surface area (TPSA) is 81.9 Å². The second-order valence-electron chi connectivity index (χ2n) is 7.36. The van der Waals surface area contributed by atoms with Crippen LogP contribution in [0.3, 0.4) is 0 Å². The molecule has 10 heteroatoms. The molecule has 1 N–H and O–H groups in total. The van der Waals surface area contributed by atoms with Crippen LogP contribution in [-0.2, 0) is 4.79 Å². The van der Waals surface area contributed by atoms with Gasteiger partial charge >= 0.3 is 6.61 Å². The van der Waals surface area contributed by atoms with E-state index in [9.17, 15) is 13.6 Å². The number of anilines is 1. The van der Waals surface area contributed by atoms with E-state index < -0.39 is 12.5 Å². The molecule has 4 rings (SSSR count). The predicted octanol–water partition coefficient (Wildman–Crippen LogP) is 5.28. The maximum atomic E-state index is 12.6. The number of alkyl halides is 2. The number of ether oxygens (including phenoxy) is 1. The number of benzene rings is 2. The Morgan fingerprint density at radius 2 is 1.82 bits per heavy atom. The number of nitrogens with one attached hydrogen (secondary N) is 1. The first-order valence-corrected chi connectivity index (χ1v) is 11.3. The van der Waals surface area contributed by atoms with Gasteiger partial charge in [0, 0.05) is 18.0 Å². The molecular formula is C24H21F2N5O2S. The molecule has 0 atom stereocenters. The summed E-state index contributed by atoms with van der Waals surface area (Å²) in [5.41, 5.74) is 4.12. The average molecular weight is 482 g/mol. The Morgan fingerprint density at radius 3 is 2.56 bits per heavy atom. The SMILES string of the molecule is Cc1ccc(-n2c(SCC(=O)Nc3ccccc3OC(F)F)nnc2-c2ccncc2)cc1C. The Hall–Kier alpha value is -3.79. The summed E-state index contributed by atoms with van der Waals surface area (Å²) in [6.45, 7) is 1.06. The standard InChI is InChI=1S/C24H21F2N5O2S/c1-15-7-8-18(13-16(15)2)31-22(17-9-11-27-12-10-17)29-30-24(31)34-14-21(32)28-19-5-3-4-6-20(19)33-23(25)26/h3-13,23H,14H2,1-2H3,(H,28,32). The number of nitrogens with zero attached hydrogens (tertiary/aromatic N) is 4. The molecule has 0 aliphatic carbocycles. The van der Waals surface area contributed by atoms with E-state index >= 15 is 0 Å². The van der Waals surface area contributed by atoms with Gasteiger partial charge in [-0.3, -0.25) is 14.3 Å². The Balaban J connectivity index is 1.58. The van der Waals surface area contributed by atoms with E-state index in [0.29, 0.717) is 11.0 Å². The first-order chi connectivity index (χ1) is 16.4. The van der Waals surface area contributed by atoms with Crippen molar-refractivity contribution in [2.24, 2.45) is 0 Å².